The van der Waals surface area contributed by atoms with Crippen molar-refractivity contribution < 1.29 is 23.7 Å². The minimum absolute atomic E-state index is 0.110. The van der Waals surface area contributed by atoms with Gasteiger partial charge in [0.1, 0.15) is 0 Å². The molecule has 11 aliphatic heterocycles. The van der Waals surface area contributed by atoms with Gasteiger partial charge in [0.05, 0.1) is 83.5 Å². The summed E-state index contributed by atoms with van der Waals surface area (Å²) in [6.07, 6.45) is 10.9. The maximum Gasteiger partial charge on any atom is 0.265 e. The van der Waals surface area contributed by atoms with Crippen LogP contribution in [0.1, 0.15) is 47.6 Å². The molecule has 27 heteroatoms. The van der Waals surface area contributed by atoms with Crippen molar-refractivity contribution in [1.29, 1.82) is 0 Å². The van der Waals surface area contributed by atoms with Crippen molar-refractivity contribution >= 4 is 83.3 Å². The molecule has 4 unspecified atom stereocenters. The van der Waals surface area contributed by atoms with Crippen LogP contribution in [-0.4, -0.2) is 173 Å². The summed E-state index contributed by atoms with van der Waals surface area (Å²) in [7, 11) is -15.3. The van der Waals surface area contributed by atoms with Gasteiger partial charge in [-0.25, -0.2) is 32.5 Å². The molecule has 0 amide bonds. The van der Waals surface area contributed by atoms with Gasteiger partial charge in [-0.2, -0.15) is 22.6 Å². The van der Waals surface area contributed by atoms with Crippen LogP contribution in [0.15, 0.2) is 130 Å². The highest BCUT2D eigenvalue weighted by atomic mass is 31.3. The van der Waals surface area contributed by atoms with Crippen LogP contribution in [0.3, 0.4) is 0 Å². The van der Waals surface area contributed by atoms with Gasteiger partial charge < -0.3 is 38.9 Å². The fourth-order valence-corrected chi connectivity index (χ4v) is 43.8. The molecule has 4 N–H and O–H groups in total. The van der Waals surface area contributed by atoms with Gasteiger partial charge in [0.15, 0.2) is 14.7 Å². The van der Waals surface area contributed by atoms with Gasteiger partial charge in [0, 0.05) is 107 Å². The fraction of sp³-hybridized carbons (Fsp3) is 0.509. The van der Waals surface area contributed by atoms with E-state index < -0.39 is 44.7 Å². The predicted molar refractivity (Wildman–Crippen MR) is 345 cm³/mol. The fourth-order valence-electron chi connectivity index (χ4n) is 14.5. The molecule has 0 bridgehead atoms. The van der Waals surface area contributed by atoms with Gasteiger partial charge in [0.2, 0.25) is 22.5 Å². The topological polar surface area (TPSA) is 188 Å². The van der Waals surface area contributed by atoms with Crippen LogP contribution in [-0.2, 0) is 42.4 Å². The zero-order chi connectivity index (χ0) is 55.8. The Hall–Kier alpha value is -3.34. The Labute approximate surface area is 494 Å². The van der Waals surface area contributed by atoms with Crippen molar-refractivity contribution in [1.82, 2.24) is 33.1 Å². The van der Waals surface area contributed by atoms with E-state index in [9.17, 15) is 0 Å². The molecule has 0 saturated carbocycles. The predicted octanol–water partition coefficient (Wildman–Crippen LogP) is 13.4. The normalized spacial score (nSPS) is 31.0. The Kier molecular flexibility index (Phi) is 15.3. The molecule has 4 atom stereocenters. The molecule has 6 fully saturated rings. The van der Waals surface area contributed by atoms with Crippen LogP contribution in [0.25, 0.3) is 21.5 Å². The van der Waals surface area contributed by atoms with Gasteiger partial charge in [-0.15, -0.1) is 0 Å². The quantitative estimate of drug-likeness (QED) is 0.0928. The van der Waals surface area contributed by atoms with Gasteiger partial charge in [-0.3, -0.25) is 5.09 Å². The van der Waals surface area contributed by atoms with E-state index in [0.29, 0.717) is 0 Å². The Morgan fingerprint density at radius 1 is 0.381 bits per heavy atom. The molecule has 6 saturated heterocycles. The van der Waals surface area contributed by atoms with Crippen molar-refractivity contribution in [2.45, 2.75) is 44.0 Å². The molecule has 446 valence electrons. The minimum atomic E-state index is -2.67. The lowest BCUT2D eigenvalue weighted by molar-refractivity contribution is 0.0544. The molecule has 1 aliphatic carbocycles. The number of nitrogens with zero attached hydrogens (tertiary/aromatic N) is 12. The molecule has 5 aromatic carbocycles. The van der Waals surface area contributed by atoms with Crippen molar-refractivity contribution in [3.05, 3.63) is 125 Å². The summed E-state index contributed by atoms with van der Waals surface area (Å²) in [5.74, 6) is 0. The van der Waals surface area contributed by atoms with E-state index in [-0.39, 0.29) is 6.04 Å². The molecular formula is C57H78N16O5P6. The van der Waals surface area contributed by atoms with Gasteiger partial charge >= 0.3 is 0 Å². The van der Waals surface area contributed by atoms with Crippen LogP contribution in [0.5, 0.6) is 0 Å². The van der Waals surface area contributed by atoms with Crippen molar-refractivity contribution in [2.24, 2.45) is 27.1 Å². The number of morpholine rings is 5. The molecule has 0 radical (unpaired) electrons. The zero-order valence-electron chi connectivity index (χ0n) is 47.8. The van der Waals surface area contributed by atoms with E-state index in [0.717, 1.165) is 180 Å². The Bertz CT molecular complexity index is 3390. The standard InChI is InChI=1S/C32H28N7P3.C25H50N9O5P3/c1-7-21-9-3-15-26-30(21)24(13-1)19-40(33-26)37-41(20-25-14-2-8-22-10-4-16-27(34-41)31(22)25)39-42(38-40)35-28-17-5-11-23-12-6-18-29(36-42)32(23)28;1-2-4-29(5-3-1)40(30-6-16-35-17-7-30)26-41(31-8-18-36-19-9-31,32-10-20-37-21-11-32)28-42(27-40,33-12-22-38-23-13-33)34-14-24-39-25-15-34/h1-9,11-18,27,33-36H,10,19-20H2;1-25H2. The van der Waals surface area contributed by atoms with Crippen LogP contribution in [0.4, 0.5) is 17.1 Å². The Morgan fingerprint density at radius 3 is 1.31 bits per heavy atom. The summed E-state index contributed by atoms with van der Waals surface area (Å²) in [5, 5.41) is 20.8. The third-order valence-corrected chi connectivity index (χ3v) is 41.7. The van der Waals surface area contributed by atoms with Gasteiger partial charge in [-0.1, -0.05) is 91.4 Å². The number of ether oxygens (including phenoxy) is 5. The molecule has 0 aromatic heterocycles. The Morgan fingerprint density at radius 2 is 0.798 bits per heavy atom. The maximum atomic E-state index is 6.26. The summed E-state index contributed by atoms with van der Waals surface area (Å²) in [6.45, 7) is 17.9. The molecular weight excluding hydrogens is 1170 g/mol. The third kappa shape index (κ3) is 9.92. The van der Waals surface area contributed by atoms with Crippen LogP contribution in [0, 0.1) is 0 Å². The first-order chi connectivity index (χ1) is 41.3. The molecule has 11 heterocycles. The van der Waals surface area contributed by atoms with E-state index in [1.165, 1.54) is 63.1 Å². The summed E-state index contributed by atoms with van der Waals surface area (Å²) in [5.41, 5.74) is 8.84. The van der Waals surface area contributed by atoms with E-state index in [2.05, 4.69) is 152 Å². The van der Waals surface area contributed by atoms with E-state index in [4.69, 9.17) is 50.8 Å². The van der Waals surface area contributed by atoms with E-state index in [1.54, 1.807) is 0 Å². The van der Waals surface area contributed by atoms with Crippen molar-refractivity contribution in [3.8, 4) is 0 Å². The van der Waals surface area contributed by atoms with E-state index >= 15 is 0 Å². The summed E-state index contributed by atoms with van der Waals surface area (Å²) < 4.78 is 81.8. The second-order valence-corrected chi connectivity index (χ2v) is 40.1. The van der Waals surface area contributed by atoms with Crippen LogP contribution < -0.4 is 20.3 Å². The second kappa shape index (κ2) is 22.9. The lowest BCUT2D eigenvalue weighted by Crippen LogP contribution is -2.47. The number of nitrogens with one attached hydrogen (secondary N) is 4. The average molecular weight is 1250 g/mol. The second-order valence-electron chi connectivity index (χ2n) is 23.5. The number of hydrogen-bond donors (Lipinski definition) is 4. The lowest BCUT2D eigenvalue weighted by Gasteiger charge is -2.55. The molecule has 3 spiro atoms. The molecule has 12 aliphatic rings. The third-order valence-electron chi connectivity index (χ3n) is 18.3. The van der Waals surface area contributed by atoms with Gasteiger partial charge in [0.25, 0.3) is 7.51 Å². The highest BCUT2D eigenvalue weighted by Crippen LogP contribution is 2.84. The van der Waals surface area contributed by atoms with Crippen molar-refractivity contribution in [3.63, 3.8) is 0 Å². The van der Waals surface area contributed by atoms with Crippen molar-refractivity contribution in [2.75, 3.05) is 160 Å². The average Bonchev–Trinajstić information content (AvgIpc) is 0.893. The maximum absolute atomic E-state index is 6.26. The number of rotatable bonds is 6. The number of anilines is 3. The van der Waals surface area contributed by atoms with Gasteiger partial charge in [-0.05, 0) is 70.5 Å². The highest BCUT2D eigenvalue weighted by molar-refractivity contribution is 7.88. The number of allylic oxidation sites excluding steroid dienone is 1. The lowest BCUT2D eigenvalue weighted by atomic mass is 9.90. The molecule has 21 nitrogen and oxygen atoms in total. The number of hydrogen-bond acceptors (Lipinski definition) is 21. The summed E-state index contributed by atoms with van der Waals surface area (Å²) in [6, 6.07) is 33.0. The largest absolute Gasteiger partial charge is 0.379 e. The summed E-state index contributed by atoms with van der Waals surface area (Å²) in [4.78, 5) is 0. The monoisotopic (exact) mass is 1250 g/mol. The number of piperidine rings is 1. The number of benzene rings is 5. The first-order valence-corrected chi connectivity index (χ1v) is 40.7. The smallest absolute Gasteiger partial charge is 0.265 e. The summed E-state index contributed by atoms with van der Waals surface area (Å²) >= 11 is 0. The molecule has 84 heavy (non-hydrogen) atoms. The minimum Gasteiger partial charge on any atom is -0.379 e. The first-order valence-electron chi connectivity index (χ1n) is 30.5. The van der Waals surface area contributed by atoms with E-state index in [1.807, 2.05) is 0 Å². The highest BCUT2D eigenvalue weighted by Gasteiger charge is 2.53. The zero-order valence-corrected chi connectivity index (χ0v) is 53.1. The SMILES string of the molecule is C1=CC2NP3(=NP4(=NP5(=N3)Cc3cccc6cccc(c36)N5)Nc3cccc5cccc(c35)N4)Cc3cccc(c32)C1.C1CCN(P2(N3CCOCC3)=NP(N3CCOCC3)(N3CCOCC3)=NP(N3CCOCC3)(N3CCOCC3)=N2)CC1. The Balaban J connectivity index is 0.000000137. The van der Waals surface area contributed by atoms with Crippen LogP contribution >= 0.6 is 44.7 Å². The first kappa shape index (κ1) is 55.9. The molecule has 5 aromatic rings. The van der Waals surface area contributed by atoms with Crippen LogP contribution in [0.2, 0.25) is 0 Å². The molecule has 17 rings (SSSR count).